The summed E-state index contributed by atoms with van der Waals surface area (Å²) < 4.78 is 29.0. The Morgan fingerprint density at radius 1 is 1.02 bits per heavy atom. The number of aliphatic imine (C=N–C) groups is 2. The molecule has 0 aliphatic heterocycles. The van der Waals surface area contributed by atoms with E-state index in [9.17, 15) is 8.78 Å². The Labute approximate surface area is 244 Å². The molecule has 1 aromatic carbocycles. The van der Waals surface area contributed by atoms with E-state index < -0.39 is 5.92 Å². The van der Waals surface area contributed by atoms with Gasteiger partial charge in [-0.25, -0.2) is 8.78 Å². The maximum absolute atomic E-state index is 12.0. The number of allylic oxidation sites excluding steroid dienone is 6. The Morgan fingerprint density at radius 2 is 1.52 bits per heavy atom. The van der Waals surface area contributed by atoms with Gasteiger partial charge in [-0.2, -0.15) is 0 Å². The quantitative estimate of drug-likeness (QED) is 0.172. The average Bonchev–Trinajstić information content (AvgIpc) is 2.94. The molecule has 0 amide bonds. The molecule has 0 radical (unpaired) electrons. The van der Waals surface area contributed by atoms with E-state index in [0.29, 0.717) is 0 Å². The lowest BCUT2D eigenvalue weighted by atomic mass is 10.0. The standard InChI is InChI=1S/C16H24N2.C9H12O.C5H9F2N.C4H8/c1-9-14(6)17-16(12(3)4)15(7)13(5)11-18(8)10-2;1-3-8-4-6-9(10-2)7-5-8;1-4(8-3)5(2,6)7;1-3-4-2/h9-11H,1-3H2,4-8H3;4-7H,3H2,1-2H3;1-3H3;3-4H,1-2H3/b13-11+,16-15+,17-14?;;;4-3-. The summed E-state index contributed by atoms with van der Waals surface area (Å²) in [5.74, 6) is -1.81. The van der Waals surface area contributed by atoms with Crippen LogP contribution in [0.5, 0.6) is 5.75 Å². The zero-order chi connectivity index (χ0) is 31.9. The van der Waals surface area contributed by atoms with Crippen molar-refractivity contribution in [2.45, 2.75) is 74.7 Å². The molecule has 224 valence electrons. The van der Waals surface area contributed by atoms with Gasteiger partial charge in [0.25, 0.3) is 5.92 Å². The second-order valence-corrected chi connectivity index (χ2v) is 8.94. The van der Waals surface area contributed by atoms with Crippen molar-refractivity contribution in [1.82, 2.24) is 4.90 Å². The number of hydrogen-bond donors (Lipinski definition) is 0. The molecule has 0 aliphatic rings. The summed E-state index contributed by atoms with van der Waals surface area (Å²) in [5.41, 5.74) is 6.21. The van der Waals surface area contributed by atoms with Crippen LogP contribution in [0.15, 0.2) is 107 Å². The van der Waals surface area contributed by atoms with E-state index in [2.05, 4.69) is 55.7 Å². The zero-order valence-electron chi connectivity index (χ0n) is 27.0. The van der Waals surface area contributed by atoms with Crippen molar-refractivity contribution in [1.29, 1.82) is 0 Å². The van der Waals surface area contributed by atoms with E-state index in [1.807, 2.05) is 77.1 Å². The maximum atomic E-state index is 12.0. The molecule has 0 aromatic heterocycles. The number of rotatable bonds is 9. The van der Waals surface area contributed by atoms with Crippen LogP contribution in [0.3, 0.4) is 0 Å². The van der Waals surface area contributed by atoms with Gasteiger partial charge in [-0.05, 0) is 102 Å². The van der Waals surface area contributed by atoms with Crippen LogP contribution >= 0.6 is 0 Å². The molecule has 1 rings (SSSR count). The number of ether oxygens (including phenoxy) is 1. The molecule has 0 aliphatic carbocycles. The highest BCUT2D eigenvalue weighted by Gasteiger charge is 2.24. The van der Waals surface area contributed by atoms with Crippen molar-refractivity contribution in [2.75, 3.05) is 21.2 Å². The lowest BCUT2D eigenvalue weighted by Gasteiger charge is -2.13. The monoisotopic (exact) mass is 557 g/mol. The molecule has 1 aromatic rings. The summed E-state index contributed by atoms with van der Waals surface area (Å²) in [6.07, 6.45) is 10.6. The molecule has 0 N–H and O–H groups in total. The SMILES string of the molecule is C/C=C\C.C=CC(C)=N/C(C(=C)C)=C(C)/C(C)=C/N(C)C=C.CCc1ccc(OC)cc1.CN=C(C)C(C)(F)F. The van der Waals surface area contributed by atoms with Crippen molar-refractivity contribution >= 4 is 11.4 Å². The van der Waals surface area contributed by atoms with Crippen molar-refractivity contribution < 1.29 is 13.5 Å². The van der Waals surface area contributed by atoms with Crippen LogP contribution < -0.4 is 4.74 Å². The van der Waals surface area contributed by atoms with Gasteiger partial charge in [0.1, 0.15) is 5.75 Å². The summed E-state index contributed by atoms with van der Waals surface area (Å²) in [6, 6.07) is 8.13. The Morgan fingerprint density at radius 3 is 1.80 bits per heavy atom. The summed E-state index contributed by atoms with van der Waals surface area (Å²) in [5, 5.41) is 0. The summed E-state index contributed by atoms with van der Waals surface area (Å²) in [4.78, 5) is 9.78. The zero-order valence-corrected chi connectivity index (χ0v) is 27.0. The number of methoxy groups -OCH3 is 1. The van der Waals surface area contributed by atoms with E-state index in [1.165, 1.54) is 19.5 Å². The Hall–Kier alpha value is -3.54. The van der Waals surface area contributed by atoms with Gasteiger partial charge in [-0.3, -0.25) is 9.98 Å². The van der Waals surface area contributed by atoms with Crippen LogP contribution in [0.25, 0.3) is 0 Å². The third kappa shape index (κ3) is 20.4. The fourth-order valence-corrected chi connectivity index (χ4v) is 2.42. The maximum Gasteiger partial charge on any atom is 0.282 e. The number of alkyl halides is 2. The van der Waals surface area contributed by atoms with E-state index in [-0.39, 0.29) is 5.71 Å². The number of aryl methyl sites for hydroxylation is 1. The summed E-state index contributed by atoms with van der Waals surface area (Å²) in [6.45, 7) is 27.7. The van der Waals surface area contributed by atoms with Gasteiger partial charge < -0.3 is 9.64 Å². The second kappa shape index (κ2) is 23.4. The molecule has 0 unspecified atom stereocenters. The van der Waals surface area contributed by atoms with Gasteiger partial charge in [-0.1, -0.05) is 50.9 Å². The smallest absolute Gasteiger partial charge is 0.282 e. The van der Waals surface area contributed by atoms with E-state index >= 15 is 0 Å². The molecule has 40 heavy (non-hydrogen) atoms. The van der Waals surface area contributed by atoms with Crippen molar-refractivity contribution in [3.8, 4) is 5.75 Å². The highest BCUT2D eigenvalue weighted by atomic mass is 19.3. The summed E-state index contributed by atoms with van der Waals surface area (Å²) >= 11 is 0. The lowest BCUT2D eigenvalue weighted by molar-refractivity contribution is 0.0997. The van der Waals surface area contributed by atoms with Crippen LogP contribution in [-0.2, 0) is 6.42 Å². The van der Waals surface area contributed by atoms with E-state index in [1.54, 1.807) is 19.4 Å². The third-order valence-corrected chi connectivity index (χ3v) is 5.49. The Balaban J connectivity index is -0.000000521. The van der Waals surface area contributed by atoms with Crippen LogP contribution in [0, 0.1) is 0 Å². The second-order valence-electron chi connectivity index (χ2n) is 8.94. The van der Waals surface area contributed by atoms with Crippen molar-refractivity contribution in [2.24, 2.45) is 9.98 Å². The molecular weight excluding hydrogens is 504 g/mol. The largest absolute Gasteiger partial charge is 0.497 e. The number of benzene rings is 1. The van der Waals surface area contributed by atoms with Crippen molar-refractivity contribution in [3.63, 3.8) is 0 Å². The molecule has 0 saturated heterocycles. The average molecular weight is 558 g/mol. The third-order valence-electron chi connectivity index (χ3n) is 5.49. The molecule has 0 fully saturated rings. The minimum Gasteiger partial charge on any atom is -0.497 e. The Kier molecular flexibility index (Phi) is 23.9. The summed E-state index contributed by atoms with van der Waals surface area (Å²) in [7, 11) is 4.98. The normalized spacial score (nSPS) is 12.4. The Bertz CT molecular complexity index is 1010. The first-order valence-electron chi connectivity index (χ1n) is 13.2. The fraction of sp³-hybridized carbons (Fsp3) is 0.412. The van der Waals surface area contributed by atoms with Gasteiger partial charge in [-0.15, -0.1) is 0 Å². The molecule has 4 nitrogen and oxygen atoms in total. The first kappa shape index (κ1) is 40.9. The molecule has 0 saturated carbocycles. The van der Waals surface area contributed by atoms with E-state index in [4.69, 9.17) is 4.74 Å². The number of hydrogen-bond acceptors (Lipinski definition) is 4. The number of halogens is 2. The van der Waals surface area contributed by atoms with Crippen LogP contribution in [0.2, 0.25) is 0 Å². The lowest BCUT2D eigenvalue weighted by Crippen LogP contribution is -2.20. The first-order chi connectivity index (χ1) is 18.6. The molecule has 0 bridgehead atoms. The van der Waals surface area contributed by atoms with Gasteiger partial charge in [0.05, 0.1) is 18.5 Å². The highest BCUT2D eigenvalue weighted by molar-refractivity contribution is 5.93. The van der Waals surface area contributed by atoms with Crippen molar-refractivity contribution in [3.05, 3.63) is 103 Å². The molecule has 6 heteroatoms. The minimum absolute atomic E-state index is 0.127. The van der Waals surface area contributed by atoms with Gasteiger partial charge in [0.2, 0.25) is 0 Å². The predicted octanol–water partition coefficient (Wildman–Crippen LogP) is 10.0. The van der Waals surface area contributed by atoms with Gasteiger partial charge in [0, 0.05) is 32.9 Å². The van der Waals surface area contributed by atoms with Crippen LogP contribution in [0.4, 0.5) is 8.78 Å². The van der Waals surface area contributed by atoms with Crippen LogP contribution in [-0.4, -0.2) is 43.5 Å². The molecule has 0 spiro atoms. The predicted molar refractivity (Wildman–Crippen MR) is 175 cm³/mol. The molecule has 0 heterocycles. The topological polar surface area (TPSA) is 37.2 Å². The van der Waals surface area contributed by atoms with Gasteiger partial charge in [0.15, 0.2) is 0 Å². The fourth-order valence-electron chi connectivity index (χ4n) is 2.42. The molecular formula is C34H53F2N3O. The number of nitrogens with zero attached hydrogens (tertiary/aromatic N) is 3. The molecule has 0 atom stereocenters. The van der Waals surface area contributed by atoms with Crippen LogP contribution in [0.1, 0.15) is 67.9 Å². The highest BCUT2D eigenvalue weighted by Crippen LogP contribution is 2.21. The van der Waals surface area contributed by atoms with Gasteiger partial charge >= 0.3 is 0 Å². The first-order valence-corrected chi connectivity index (χ1v) is 13.2. The van der Waals surface area contributed by atoms with E-state index in [0.717, 1.165) is 47.2 Å². The minimum atomic E-state index is -2.74.